The quantitative estimate of drug-likeness (QED) is 0.496. The van der Waals surface area contributed by atoms with Gasteiger partial charge in [0.15, 0.2) is 0 Å². The summed E-state index contributed by atoms with van der Waals surface area (Å²) < 4.78 is 2.08. The van der Waals surface area contributed by atoms with E-state index in [1.54, 1.807) is 12.1 Å². The fraction of sp³-hybridized carbons (Fsp3) is 0.435. The molecule has 3 heterocycles. The van der Waals surface area contributed by atoms with Crippen molar-refractivity contribution >= 4 is 35.4 Å². The molecule has 0 radical (unpaired) electrons. The van der Waals surface area contributed by atoms with Crippen molar-refractivity contribution in [3.63, 3.8) is 0 Å². The van der Waals surface area contributed by atoms with Crippen molar-refractivity contribution in [2.24, 2.45) is 0 Å². The minimum Gasteiger partial charge on any atom is -0.506 e. The van der Waals surface area contributed by atoms with Gasteiger partial charge in [0.1, 0.15) is 11.4 Å². The van der Waals surface area contributed by atoms with E-state index in [2.05, 4.69) is 19.8 Å². The summed E-state index contributed by atoms with van der Waals surface area (Å²) in [6.45, 7) is 6.71. The summed E-state index contributed by atoms with van der Waals surface area (Å²) in [5.41, 5.74) is 4.52. The van der Waals surface area contributed by atoms with E-state index in [1.165, 1.54) is 0 Å². The summed E-state index contributed by atoms with van der Waals surface area (Å²) in [6.07, 6.45) is 2.03. The van der Waals surface area contributed by atoms with Crippen LogP contribution in [0.2, 0.25) is 0 Å². The molecule has 1 aliphatic rings. The SMILES string of the molecule is Cc1ccc(O)c(Cn2c(NC3CCN(CCC(=O)O)CC3)nc3c(C)cccc32)n1.Cl. The molecule has 9 heteroatoms. The summed E-state index contributed by atoms with van der Waals surface area (Å²) in [4.78, 5) is 22.4. The van der Waals surface area contributed by atoms with Crippen molar-refractivity contribution in [1.82, 2.24) is 19.4 Å². The number of aryl methyl sites for hydroxylation is 2. The number of likely N-dealkylation sites (tertiary alicyclic amines) is 1. The summed E-state index contributed by atoms with van der Waals surface area (Å²) in [6, 6.07) is 9.85. The maximum absolute atomic E-state index is 10.8. The number of anilines is 1. The Labute approximate surface area is 193 Å². The predicted octanol–water partition coefficient (Wildman–Crippen LogP) is 3.57. The number of carbonyl (C=O) groups is 1. The van der Waals surface area contributed by atoms with Crippen LogP contribution in [0.25, 0.3) is 11.0 Å². The molecule has 0 unspecified atom stereocenters. The number of pyridine rings is 1. The molecular formula is C23H30ClN5O3. The lowest BCUT2D eigenvalue weighted by molar-refractivity contribution is -0.137. The molecule has 0 amide bonds. The first kappa shape index (κ1) is 23.8. The van der Waals surface area contributed by atoms with Gasteiger partial charge in [0.2, 0.25) is 5.95 Å². The number of nitrogens with zero attached hydrogens (tertiary/aromatic N) is 4. The fourth-order valence-corrected chi connectivity index (χ4v) is 4.16. The Balaban J connectivity index is 0.00000289. The average Bonchev–Trinajstić information content (AvgIpc) is 3.08. The molecule has 0 spiro atoms. The molecule has 0 aliphatic carbocycles. The van der Waals surface area contributed by atoms with Crippen LogP contribution in [0.5, 0.6) is 5.75 Å². The summed E-state index contributed by atoms with van der Waals surface area (Å²) in [5, 5.41) is 22.8. The molecule has 0 saturated carbocycles. The van der Waals surface area contributed by atoms with Gasteiger partial charge in [0, 0.05) is 31.4 Å². The first-order valence-electron chi connectivity index (χ1n) is 10.7. The second-order valence-electron chi connectivity index (χ2n) is 8.29. The summed E-state index contributed by atoms with van der Waals surface area (Å²) in [7, 11) is 0. The maximum atomic E-state index is 10.8. The normalized spacial score (nSPS) is 14.9. The van der Waals surface area contributed by atoms with Crippen LogP contribution >= 0.6 is 12.4 Å². The second kappa shape index (κ2) is 10.2. The largest absolute Gasteiger partial charge is 0.506 e. The number of halogens is 1. The first-order valence-corrected chi connectivity index (χ1v) is 10.7. The highest BCUT2D eigenvalue weighted by molar-refractivity contribution is 5.85. The number of imidazole rings is 1. The smallest absolute Gasteiger partial charge is 0.304 e. The van der Waals surface area contributed by atoms with Gasteiger partial charge in [-0.2, -0.15) is 0 Å². The van der Waals surface area contributed by atoms with Gasteiger partial charge in [-0.3, -0.25) is 9.78 Å². The molecule has 1 saturated heterocycles. The zero-order chi connectivity index (χ0) is 22.0. The third kappa shape index (κ3) is 5.31. The highest BCUT2D eigenvalue weighted by Crippen LogP contribution is 2.27. The maximum Gasteiger partial charge on any atom is 0.304 e. The number of hydrogen-bond donors (Lipinski definition) is 3. The lowest BCUT2D eigenvalue weighted by atomic mass is 10.1. The van der Waals surface area contributed by atoms with E-state index in [1.807, 2.05) is 32.0 Å². The number of para-hydroxylation sites is 1. The Morgan fingerprint density at radius 2 is 1.91 bits per heavy atom. The van der Waals surface area contributed by atoms with Gasteiger partial charge in [-0.15, -0.1) is 12.4 Å². The van der Waals surface area contributed by atoms with Gasteiger partial charge in [-0.05, 0) is 50.5 Å². The first-order chi connectivity index (χ1) is 14.9. The van der Waals surface area contributed by atoms with Crippen molar-refractivity contribution in [1.29, 1.82) is 0 Å². The molecular weight excluding hydrogens is 430 g/mol. The van der Waals surface area contributed by atoms with E-state index in [-0.39, 0.29) is 30.6 Å². The van der Waals surface area contributed by atoms with Crippen molar-refractivity contribution in [2.75, 3.05) is 25.0 Å². The minimum absolute atomic E-state index is 0. The van der Waals surface area contributed by atoms with Gasteiger partial charge in [-0.25, -0.2) is 4.98 Å². The molecule has 1 aliphatic heterocycles. The fourth-order valence-electron chi connectivity index (χ4n) is 4.16. The molecule has 172 valence electrons. The Morgan fingerprint density at radius 3 is 2.62 bits per heavy atom. The van der Waals surface area contributed by atoms with Crippen LogP contribution in [0.1, 0.15) is 36.2 Å². The Bertz CT molecular complexity index is 1090. The highest BCUT2D eigenvalue weighted by atomic mass is 35.5. The number of aromatic hydroxyl groups is 1. The number of hydrogen-bond acceptors (Lipinski definition) is 6. The van der Waals surface area contributed by atoms with E-state index < -0.39 is 5.97 Å². The lowest BCUT2D eigenvalue weighted by Crippen LogP contribution is -2.40. The molecule has 8 nitrogen and oxygen atoms in total. The standard InChI is InChI=1S/C23H29N5O3.ClH/c1-15-4-3-5-19-22(15)26-23(28(19)14-18-20(29)7-6-16(2)24-18)25-17-8-11-27(12-9-17)13-10-21(30)31;/h3-7,17,29H,8-14H2,1-2H3,(H,25,26)(H,30,31);1H. The van der Waals surface area contributed by atoms with Gasteiger partial charge >= 0.3 is 5.97 Å². The molecule has 3 aromatic rings. The van der Waals surface area contributed by atoms with Crippen LogP contribution < -0.4 is 5.32 Å². The number of piperidine rings is 1. The minimum atomic E-state index is -0.752. The monoisotopic (exact) mass is 459 g/mol. The summed E-state index contributed by atoms with van der Waals surface area (Å²) in [5.74, 6) is 0.200. The van der Waals surface area contributed by atoms with E-state index in [0.29, 0.717) is 18.8 Å². The number of fused-ring (bicyclic) bond motifs is 1. The van der Waals surface area contributed by atoms with E-state index in [9.17, 15) is 9.90 Å². The lowest BCUT2D eigenvalue weighted by Gasteiger charge is -2.32. The number of nitrogens with one attached hydrogen (secondary N) is 1. The number of rotatable bonds is 7. The van der Waals surface area contributed by atoms with Gasteiger partial charge in [-0.1, -0.05) is 12.1 Å². The highest BCUT2D eigenvalue weighted by Gasteiger charge is 2.22. The van der Waals surface area contributed by atoms with Crippen LogP contribution in [-0.2, 0) is 11.3 Å². The zero-order valence-corrected chi connectivity index (χ0v) is 19.2. The van der Waals surface area contributed by atoms with Crippen molar-refractivity contribution in [3.05, 3.63) is 47.3 Å². The number of benzene rings is 1. The average molecular weight is 460 g/mol. The molecule has 1 fully saturated rings. The van der Waals surface area contributed by atoms with Gasteiger partial charge in [0.25, 0.3) is 0 Å². The topological polar surface area (TPSA) is 104 Å². The molecule has 4 rings (SSSR count). The number of carboxylic acid groups (broad SMARTS) is 1. The Kier molecular flexibility index (Phi) is 7.58. The Hall–Kier alpha value is -2.84. The van der Waals surface area contributed by atoms with E-state index in [4.69, 9.17) is 10.1 Å². The van der Waals surface area contributed by atoms with Crippen LogP contribution in [-0.4, -0.2) is 61.3 Å². The van der Waals surface area contributed by atoms with Gasteiger partial charge < -0.3 is 25.0 Å². The molecule has 2 aromatic heterocycles. The predicted molar refractivity (Wildman–Crippen MR) is 127 cm³/mol. The number of carboxylic acids is 1. The van der Waals surface area contributed by atoms with Crippen LogP contribution in [0.15, 0.2) is 30.3 Å². The second-order valence-corrected chi connectivity index (χ2v) is 8.29. The van der Waals surface area contributed by atoms with Crippen molar-refractivity contribution < 1.29 is 15.0 Å². The molecule has 32 heavy (non-hydrogen) atoms. The molecule has 3 N–H and O–H groups in total. The number of aliphatic carboxylic acids is 1. The third-order valence-electron chi connectivity index (χ3n) is 5.94. The van der Waals surface area contributed by atoms with Crippen LogP contribution in [0.3, 0.4) is 0 Å². The third-order valence-corrected chi connectivity index (χ3v) is 5.94. The summed E-state index contributed by atoms with van der Waals surface area (Å²) >= 11 is 0. The molecule has 0 bridgehead atoms. The van der Waals surface area contributed by atoms with Gasteiger partial charge in [0.05, 0.1) is 24.0 Å². The zero-order valence-electron chi connectivity index (χ0n) is 18.4. The van der Waals surface area contributed by atoms with Crippen molar-refractivity contribution in [3.8, 4) is 5.75 Å². The van der Waals surface area contributed by atoms with E-state index in [0.717, 1.165) is 54.2 Å². The van der Waals surface area contributed by atoms with Crippen molar-refractivity contribution in [2.45, 2.75) is 45.7 Å². The molecule has 0 atom stereocenters. The van der Waals surface area contributed by atoms with Crippen LogP contribution in [0.4, 0.5) is 5.95 Å². The van der Waals surface area contributed by atoms with Crippen LogP contribution in [0, 0.1) is 13.8 Å². The number of aromatic nitrogens is 3. The van der Waals surface area contributed by atoms with E-state index >= 15 is 0 Å². The Morgan fingerprint density at radius 1 is 1.16 bits per heavy atom. The molecule has 1 aromatic carbocycles.